The molecular weight excluding hydrogens is 476 g/mol. The Kier molecular flexibility index (Phi) is 8.29. The Balaban J connectivity index is 0.00000304. The van der Waals surface area contributed by atoms with Crippen molar-refractivity contribution in [2.75, 3.05) is 32.8 Å². The van der Waals surface area contributed by atoms with Crippen molar-refractivity contribution < 1.29 is 31.8 Å². The molecule has 0 radical (unpaired) electrons. The van der Waals surface area contributed by atoms with Crippen LogP contribution in [0, 0.1) is 5.92 Å². The van der Waals surface area contributed by atoms with Gasteiger partial charge in [-0.25, -0.2) is 0 Å². The van der Waals surface area contributed by atoms with Crippen molar-refractivity contribution in [1.82, 2.24) is 9.80 Å². The molecule has 0 bridgehead atoms. The molecule has 3 aromatic rings. The summed E-state index contributed by atoms with van der Waals surface area (Å²) in [6, 6.07) is 19.2. The van der Waals surface area contributed by atoms with Gasteiger partial charge in [-0.1, -0.05) is 43.3 Å². The average molecular weight is 508 g/mol. The van der Waals surface area contributed by atoms with Crippen LogP contribution in [0.25, 0.3) is 10.8 Å². The molecule has 2 amide bonds. The third-order valence-electron chi connectivity index (χ3n) is 7.25. The molecule has 5 rings (SSSR count). The van der Waals surface area contributed by atoms with Gasteiger partial charge in [0, 0.05) is 29.6 Å². The summed E-state index contributed by atoms with van der Waals surface area (Å²) in [4.78, 5) is 30.0. The number of aryl methyl sites for hydroxylation is 1. The number of aliphatic hydroxyl groups is 1. The quantitative estimate of drug-likeness (QED) is 0.463. The zero-order chi connectivity index (χ0) is 24.4. The van der Waals surface area contributed by atoms with E-state index in [9.17, 15) is 14.7 Å². The maximum absolute atomic E-state index is 13.2. The van der Waals surface area contributed by atoms with E-state index in [2.05, 4.69) is 11.8 Å². The van der Waals surface area contributed by atoms with E-state index in [1.165, 1.54) is 10.5 Å². The fraction of sp³-hybridized carbons (Fsp3) is 0.379. The number of rotatable bonds is 8. The highest BCUT2D eigenvalue weighted by atomic mass is 35.5. The molecule has 1 saturated heterocycles. The highest BCUT2D eigenvalue weighted by molar-refractivity contribution is 6.25. The summed E-state index contributed by atoms with van der Waals surface area (Å²) in [5, 5.41) is 12.2. The van der Waals surface area contributed by atoms with E-state index < -0.39 is 6.10 Å². The summed E-state index contributed by atoms with van der Waals surface area (Å²) in [7, 11) is 0. The number of β-amino-alcohol motifs (C(OH)–C–C–N with tert-alkyl or cyclic N) is 1. The molecule has 190 valence electrons. The summed E-state index contributed by atoms with van der Waals surface area (Å²) >= 11 is 0. The van der Waals surface area contributed by atoms with Gasteiger partial charge in [0.2, 0.25) is 0 Å². The van der Waals surface area contributed by atoms with Crippen LogP contribution in [0.2, 0.25) is 0 Å². The summed E-state index contributed by atoms with van der Waals surface area (Å²) in [6.07, 6.45) is 2.19. The van der Waals surface area contributed by atoms with Crippen molar-refractivity contribution in [3.05, 3.63) is 77.4 Å². The van der Waals surface area contributed by atoms with Crippen molar-refractivity contribution in [3.8, 4) is 5.75 Å². The van der Waals surface area contributed by atoms with E-state index in [4.69, 9.17) is 4.74 Å². The van der Waals surface area contributed by atoms with Gasteiger partial charge in [0.05, 0.1) is 0 Å². The second-order valence-corrected chi connectivity index (χ2v) is 9.64. The Bertz CT molecular complexity index is 1170. The topological polar surface area (TPSA) is 70.1 Å². The van der Waals surface area contributed by atoms with E-state index in [1.807, 2.05) is 60.7 Å². The van der Waals surface area contributed by atoms with Crippen molar-refractivity contribution in [3.63, 3.8) is 0 Å². The molecule has 6 nitrogen and oxygen atoms in total. The third kappa shape index (κ3) is 5.41. The summed E-state index contributed by atoms with van der Waals surface area (Å²) < 4.78 is 5.75. The van der Waals surface area contributed by atoms with Crippen LogP contribution in [0.4, 0.5) is 0 Å². The first kappa shape index (κ1) is 26.1. The largest absolute Gasteiger partial charge is 1.00 e. The highest BCUT2D eigenvalue weighted by Gasteiger charge is 2.34. The zero-order valence-corrected chi connectivity index (χ0v) is 21.3. The Morgan fingerprint density at radius 2 is 1.56 bits per heavy atom. The van der Waals surface area contributed by atoms with Gasteiger partial charge in [-0.2, -0.15) is 0 Å². The first-order valence-corrected chi connectivity index (χ1v) is 12.5. The van der Waals surface area contributed by atoms with Crippen LogP contribution >= 0.6 is 0 Å². The maximum Gasteiger partial charge on any atom is 0.261 e. The molecule has 0 spiro atoms. The number of imide groups is 1. The number of carbonyl (C=O) groups is 2. The lowest BCUT2D eigenvalue weighted by molar-refractivity contribution is -0.0000365. The number of piperidine rings is 1. The summed E-state index contributed by atoms with van der Waals surface area (Å²) in [5.74, 6) is 0.643. The normalized spacial score (nSPS) is 17.2. The molecule has 1 atom stereocenters. The minimum Gasteiger partial charge on any atom is -1.00 e. The van der Waals surface area contributed by atoms with Crippen LogP contribution < -0.4 is 17.1 Å². The number of carbonyl (C=O) groups excluding carboxylic acids is 2. The van der Waals surface area contributed by atoms with Gasteiger partial charge in [-0.05, 0) is 73.5 Å². The monoisotopic (exact) mass is 507 g/mol. The van der Waals surface area contributed by atoms with Crippen LogP contribution in [0.15, 0.2) is 60.7 Å². The van der Waals surface area contributed by atoms with E-state index in [-0.39, 0.29) is 36.7 Å². The number of benzene rings is 3. The molecule has 36 heavy (non-hydrogen) atoms. The molecule has 1 N–H and O–H groups in total. The van der Waals surface area contributed by atoms with E-state index in [0.29, 0.717) is 24.2 Å². The predicted octanol–water partition coefficient (Wildman–Crippen LogP) is 1.15. The second-order valence-electron chi connectivity index (χ2n) is 9.64. The van der Waals surface area contributed by atoms with Crippen molar-refractivity contribution in [1.29, 1.82) is 0 Å². The van der Waals surface area contributed by atoms with E-state index in [1.54, 1.807) is 0 Å². The number of halogens is 1. The number of ether oxygens (including phenoxy) is 1. The number of amides is 2. The van der Waals surface area contributed by atoms with Crippen LogP contribution in [0.5, 0.6) is 5.75 Å². The molecule has 0 saturated carbocycles. The molecular formula is C29H32ClN2O4-. The Hall–Kier alpha value is -2.93. The molecule has 2 aliphatic heterocycles. The van der Waals surface area contributed by atoms with Gasteiger partial charge >= 0.3 is 0 Å². The number of aliphatic hydroxyl groups excluding tert-OH is 1. The van der Waals surface area contributed by atoms with Crippen LogP contribution in [0.3, 0.4) is 0 Å². The van der Waals surface area contributed by atoms with Gasteiger partial charge in [0.25, 0.3) is 11.8 Å². The number of likely N-dealkylation sites (tertiary alicyclic amines) is 1. The molecule has 0 aromatic heterocycles. The average Bonchev–Trinajstić information content (AvgIpc) is 2.89. The Morgan fingerprint density at radius 3 is 2.14 bits per heavy atom. The van der Waals surface area contributed by atoms with Gasteiger partial charge in [-0.15, -0.1) is 0 Å². The lowest BCUT2D eigenvalue weighted by Gasteiger charge is -2.36. The van der Waals surface area contributed by atoms with Gasteiger partial charge < -0.3 is 27.2 Å². The van der Waals surface area contributed by atoms with Crippen molar-refractivity contribution in [2.45, 2.75) is 32.3 Å². The Labute approximate surface area is 218 Å². The second kappa shape index (κ2) is 11.4. The fourth-order valence-corrected chi connectivity index (χ4v) is 5.22. The number of hydrogen-bond donors (Lipinski definition) is 1. The number of hydrogen-bond acceptors (Lipinski definition) is 5. The number of nitrogens with zero attached hydrogens (tertiary/aromatic N) is 2. The highest BCUT2D eigenvalue weighted by Crippen LogP contribution is 2.31. The summed E-state index contributed by atoms with van der Waals surface area (Å²) in [6.45, 7) is 5.02. The van der Waals surface area contributed by atoms with Crippen LogP contribution in [-0.4, -0.2) is 65.6 Å². The zero-order valence-electron chi connectivity index (χ0n) is 20.5. The molecule has 1 fully saturated rings. The SMILES string of the molecule is CCc1ccc(OCC(O)CN2CCC(CN3C(=O)c4cccc5cccc(c45)C3=O)CC2)cc1.[Cl-]. The first-order valence-electron chi connectivity index (χ1n) is 12.5. The minimum atomic E-state index is -0.570. The minimum absolute atomic E-state index is 0. The van der Waals surface area contributed by atoms with Gasteiger partial charge in [0.1, 0.15) is 18.5 Å². The first-order chi connectivity index (χ1) is 17.0. The molecule has 1 unspecified atom stereocenters. The maximum atomic E-state index is 13.2. The predicted molar refractivity (Wildman–Crippen MR) is 136 cm³/mol. The fourth-order valence-electron chi connectivity index (χ4n) is 5.22. The van der Waals surface area contributed by atoms with E-state index >= 15 is 0 Å². The Morgan fingerprint density at radius 1 is 0.944 bits per heavy atom. The molecule has 0 aliphatic carbocycles. The van der Waals surface area contributed by atoms with Gasteiger partial charge in [-0.3, -0.25) is 14.5 Å². The smallest absolute Gasteiger partial charge is 0.261 e. The van der Waals surface area contributed by atoms with Crippen molar-refractivity contribution >= 4 is 22.6 Å². The standard InChI is InChI=1S/C29H32N2O4.ClH/c1-2-20-9-11-24(12-10-20)35-19-23(32)18-30-15-13-21(14-16-30)17-31-28(33)25-7-3-5-22-6-4-8-26(27(22)25)29(31)34;/h3-12,21,23,32H,2,13-19H2,1H3;1H/p-1. The lowest BCUT2D eigenvalue weighted by atomic mass is 9.91. The molecule has 7 heteroatoms. The third-order valence-corrected chi connectivity index (χ3v) is 7.25. The molecule has 2 aliphatic rings. The van der Waals surface area contributed by atoms with E-state index in [0.717, 1.165) is 48.9 Å². The van der Waals surface area contributed by atoms with Gasteiger partial charge in [0.15, 0.2) is 0 Å². The molecule has 3 aromatic carbocycles. The van der Waals surface area contributed by atoms with Crippen molar-refractivity contribution in [2.24, 2.45) is 5.92 Å². The summed E-state index contributed by atoms with van der Waals surface area (Å²) in [5.41, 5.74) is 2.49. The lowest BCUT2D eigenvalue weighted by Crippen LogP contribution is -3.00. The molecule has 2 heterocycles. The van der Waals surface area contributed by atoms with Crippen LogP contribution in [0.1, 0.15) is 46.0 Å². The van der Waals surface area contributed by atoms with Crippen LogP contribution in [-0.2, 0) is 6.42 Å².